The summed E-state index contributed by atoms with van der Waals surface area (Å²) in [5.74, 6) is 0. The third-order valence-corrected chi connectivity index (χ3v) is 17.6. The van der Waals surface area contributed by atoms with Crippen molar-refractivity contribution in [1.82, 2.24) is 4.57 Å². The van der Waals surface area contributed by atoms with Gasteiger partial charge in [0.15, 0.2) is 0 Å². The molecule has 0 amide bonds. The van der Waals surface area contributed by atoms with Crippen molar-refractivity contribution in [2.75, 3.05) is 6.61 Å². The van der Waals surface area contributed by atoms with Gasteiger partial charge in [0.2, 0.25) is 0 Å². The number of hydrogen-bond acceptors (Lipinski definition) is 1. The van der Waals surface area contributed by atoms with E-state index in [9.17, 15) is 0 Å². The van der Waals surface area contributed by atoms with E-state index in [4.69, 9.17) is 21.8 Å². The SMILES string of the molecule is Cc1cc2c(-c3ccc(C(C)(C)C)cc3)cccc2[c-]1[Si](C)(CCCCCCOC(C)(C)C)[c-]1c(C)cc2c(-c3ccc4c(c3)c3ccccc3n4C)cccc21.[Cl][Zr+2][Cl]. The number of aromatic nitrogens is 1. The second-order valence-electron chi connectivity index (χ2n) is 19.1. The molecule has 1 atom stereocenters. The fraction of sp³-hybridized carbons (Fsp3) is 0.333. The van der Waals surface area contributed by atoms with E-state index in [0.29, 0.717) is 0 Å². The Morgan fingerprint density at radius 2 is 1.13 bits per heavy atom. The summed E-state index contributed by atoms with van der Waals surface area (Å²) in [6.45, 7) is 21.7. The van der Waals surface area contributed by atoms with Crippen molar-refractivity contribution in [2.45, 2.75) is 105 Å². The topological polar surface area (TPSA) is 14.2 Å². The molecule has 0 fully saturated rings. The van der Waals surface area contributed by atoms with Gasteiger partial charge in [0, 0.05) is 43.5 Å². The van der Waals surface area contributed by atoms with Gasteiger partial charge in [-0.3, -0.25) is 0 Å². The molecule has 7 aromatic carbocycles. The molecular weight excluding hydrogens is 869 g/mol. The molecule has 0 aliphatic carbocycles. The predicted molar refractivity (Wildman–Crippen MR) is 264 cm³/mol. The molecule has 1 unspecified atom stereocenters. The van der Waals surface area contributed by atoms with Crippen LogP contribution in [0.5, 0.6) is 0 Å². The Labute approximate surface area is 378 Å². The number of ether oxygens (including phenoxy) is 1. The summed E-state index contributed by atoms with van der Waals surface area (Å²) in [6, 6.07) is 45.6. The molecule has 0 radical (unpaired) electrons. The van der Waals surface area contributed by atoms with Crippen molar-refractivity contribution in [3.63, 3.8) is 0 Å². The van der Waals surface area contributed by atoms with Crippen molar-refractivity contribution >= 4 is 78.8 Å². The predicted octanol–water partition coefficient (Wildman–Crippen LogP) is 15.3. The van der Waals surface area contributed by atoms with Crippen molar-refractivity contribution in [1.29, 1.82) is 0 Å². The van der Waals surface area contributed by atoms with Gasteiger partial charge < -0.3 is 9.30 Å². The zero-order valence-corrected chi connectivity index (χ0v) is 42.3. The van der Waals surface area contributed by atoms with Crippen LogP contribution in [0.3, 0.4) is 0 Å². The normalized spacial score (nSPS) is 13.2. The van der Waals surface area contributed by atoms with Crippen LogP contribution in [0.4, 0.5) is 0 Å². The Morgan fingerprint density at radius 1 is 0.600 bits per heavy atom. The first-order chi connectivity index (χ1) is 28.6. The number of benzene rings is 5. The number of fused-ring (bicyclic) bond motifs is 5. The van der Waals surface area contributed by atoms with Crippen molar-refractivity contribution in [3.8, 4) is 22.3 Å². The first-order valence-electron chi connectivity index (χ1n) is 21.6. The average molecular weight is 930 g/mol. The molecule has 0 bridgehead atoms. The summed E-state index contributed by atoms with van der Waals surface area (Å²) >= 11 is -0.826. The molecular formula is C54H61Cl2NOSiZr. The Balaban J connectivity index is 0.00000176. The molecule has 0 aliphatic heterocycles. The van der Waals surface area contributed by atoms with Crippen LogP contribution in [0.1, 0.15) is 83.9 Å². The molecule has 1 heterocycles. The van der Waals surface area contributed by atoms with Gasteiger partial charge in [-0.2, -0.15) is 12.1 Å². The number of rotatable bonds is 11. The number of nitrogens with zero attached hydrogens (tertiary/aromatic N) is 1. The summed E-state index contributed by atoms with van der Waals surface area (Å²) in [7, 11) is 9.75. The second-order valence-corrected chi connectivity index (χ2v) is 27.0. The number of hydrogen-bond donors (Lipinski definition) is 0. The van der Waals surface area contributed by atoms with Crippen molar-refractivity contribution in [2.24, 2.45) is 7.05 Å². The van der Waals surface area contributed by atoms with E-state index >= 15 is 0 Å². The third-order valence-electron chi connectivity index (χ3n) is 12.8. The maximum absolute atomic E-state index is 6.09. The molecule has 2 nitrogen and oxygen atoms in total. The van der Waals surface area contributed by atoms with Gasteiger partial charge in [0.05, 0.1) is 5.60 Å². The van der Waals surface area contributed by atoms with Crippen molar-refractivity contribution < 1.29 is 25.6 Å². The number of unbranched alkanes of at least 4 members (excludes halogenated alkanes) is 3. The van der Waals surface area contributed by atoms with Gasteiger partial charge in [0.25, 0.3) is 0 Å². The van der Waals surface area contributed by atoms with Crippen LogP contribution in [0.15, 0.2) is 115 Å². The van der Waals surface area contributed by atoms with Crippen LogP contribution in [-0.2, 0) is 38.0 Å². The molecule has 0 N–H and O–H groups in total. The van der Waals surface area contributed by atoms with Gasteiger partial charge in [-0.1, -0.05) is 138 Å². The number of aryl methyl sites for hydroxylation is 3. The summed E-state index contributed by atoms with van der Waals surface area (Å²) in [6.07, 6.45) is 4.78. The fourth-order valence-corrected chi connectivity index (χ4v) is 15.2. The van der Waals surface area contributed by atoms with E-state index in [0.717, 1.165) is 13.0 Å². The van der Waals surface area contributed by atoms with Gasteiger partial charge in [0.1, 0.15) is 0 Å². The van der Waals surface area contributed by atoms with Gasteiger partial charge >= 0.3 is 37.9 Å². The van der Waals surface area contributed by atoms with Gasteiger partial charge in [-0.05, 0) is 67.5 Å². The summed E-state index contributed by atoms with van der Waals surface area (Å²) in [4.78, 5) is 0. The van der Waals surface area contributed by atoms with Crippen LogP contribution in [-0.4, -0.2) is 24.8 Å². The van der Waals surface area contributed by atoms with Crippen LogP contribution in [0.25, 0.3) is 65.6 Å². The van der Waals surface area contributed by atoms with Gasteiger partial charge in [-0.25, -0.2) is 0 Å². The van der Waals surface area contributed by atoms with E-state index < -0.39 is 28.9 Å². The first kappa shape index (κ1) is 44.8. The van der Waals surface area contributed by atoms with E-state index in [1.165, 1.54) is 108 Å². The summed E-state index contributed by atoms with van der Waals surface area (Å²) in [5, 5.41) is 11.6. The van der Waals surface area contributed by atoms with Gasteiger partial charge in [-0.15, -0.1) is 67.3 Å². The molecule has 60 heavy (non-hydrogen) atoms. The molecule has 6 heteroatoms. The maximum atomic E-state index is 6.09. The van der Waals surface area contributed by atoms with E-state index in [-0.39, 0.29) is 11.0 Å². The third kappa shape index (κ3) is 8.98. The summed E-state index contributed by atoms with van der Waals surface area (Å²) < 4.78 is 8.42. The molecule has 0 spiro atoms. The first-order valence-corrected chi connectivity index (χ1v) is 30.7. The van der Waals surface area contributed by atoms with Crippen LogP contribution in [0, 0.1) is 13.8 Å². The second kappa shape index (κ2) is 18.2. The minimum atomic E-state index is -2.31. The Hall–Kier alpha value is -3.24. The zero-order chi connectivity index (χ0) is 43.0. The van der Waals surface area contributed by atoms with E-state index in [2.05, 4.69) is 189 Å². The fourth-order valence-electron chi connectivity index (χ4n) is 10.0. The van der Waals surface area contributed by atoms with E-state index in [1.807, 2.05) is 0 Å². The average Bonchev–Trinajstić information content (AvgIpc) is 3.84. The van der Waals surface area contributed by atoms with E-state index in [1.54, 1.807) is 10.4 Å². The van der Waals surface area contributed by atoms with Crippen molar-refractivity contribution in [3.05, 3.63) is 132 Å². The molecule has 8 aromatic rings. The zero-order valence-electron chi connectivity index (χ0n) is 37.3. The molecule has 310 valence electrons. The minimum absolute atomic E-state index is 0.0782. The van der Waals surface area contributed by atoms with Crippen LogP contribution < -0.4 is 10.4 Å². The molecule has 8 rings (SSSR count). The quantitative estimate of drug-likeness (QED) is 0.0716. The Morgan fingerprint density at radius 3 is 1.72 bits per heavy atom. The molecule has 1 aromatic heterocycles. The van der Waals surface area contributed by atoms with Crippen LogP contribution >= 0.6 is 17.0 Å². The Bertz CT molecular complexity index is 2760. The summed E-state index contributed by atoms with van der Waals surface area (Å²) in [5.41, 5.74) is 12.1. The number of halogens is 2. The number of para-hydroxylation sites is 1. The molecule has 0 saturated heterocycles. The Kier molecular flexibility index (Phi) is 13.6. The molecule has 0 saturated carbocycles. The molecule has 0 aliphatic rings. The van der Waals surface area contributed by atoms with Crippen LogP contribution in [0.2, 0.25) is 12.6 Å². The standard InChI is InChI=1S/C54H61NOSi.2ClH.Zr/c1-36-33-46-41(38-25-28-40(29-26-38)53(3,4)5)20-17-22-44(46)51(36)57(10,32-16-12-11-15-31-56-54(6,7)8)52-37(2)34-47-42(21-18-23-45(47)52)39-27-30-50-48(35-39)43-19-13-14-24-49(43)55(50)9;;;/h13-14,17-30,33-35H,11-12,15-16,31-32H2,1-10H3;2*1H;/q-2;;;+4/p-2. The monoisotopic (exact) mass is 927 g/mol.